The summed E-state index contributed by atoms with van der Waals surface area (Å²) in [5, 5.41) is 0. The molecule has 1 heterocycles. The van der Waals surface area contributed by atoms with Crippen LogP contribution in [0.15, 0.2) is 66.7 Å². The first-order valence-corrected chi connectivity index (χ1v) is 8.42. The molecule has 0 spiro atoms. The molecule has 0 fully saturated rings. The van der Waals surface area contributed by atoms with Crippen LogP contribution in [0.2, 0.25) is 0 Å². The van der Waals surface area contributed by atoms with Crippen molar-refractivity contribution < 1.29 is 0 Å². The van der Waals surface area contributed by atoms with Gasteiger partial charge in [-0.3, -0.25) is 0 Å². The second kappa shape index (κ2) is 6.80. The largest absolute Gasteiger partial charge is 0.370 e. The third-order valence-corrected chi connectivity index (χ3v) is 4.88. The fourth-order valence-corrected chi connectivity index (χ4v) is 3.59. The monoisotopic (exact) mass is 307 g/mol. The number of aryl methyl sites for hydroxylation is 1. The van der Waals surface area contributed by atoms with Crippen molar-refractivity contribution in [1.29, 1.82) is 0 Å². The molecule has 3 aromatic rings. The molecule has 0 aliphatic heterocycles. The molecule has 112 valence electrons. The standard InChI is InChI=1S/C20H21NS/c1-16-12-13-20(22-16)14-17-8-6-7-9-18(17)15-21(2)19-10-4-3-5-11-19/h3-13H,14-15H2,1-2H3. The summed E-state index contributed by atoms with van der Waals surface area (Å²) in [6.07, 6.45) is 1.03. The first-order valence-electron chi connectivity index (χ1n) is 7.60. The van der Waals surface area contributed by atoms with E-state index in [0.29, 0.717) is 0 Å². The van der Waals surface area contributed by atoms with Crippen LogP contribution in [-0.2, 0) is 13.0 Å². The Hall–Kier alpha value is -2.06. The minimum atomic E-state index is 0.935. The smallest absolute Gasteiger partial charge is 0.0429 e. The summed E-state index contributed by atoms with van der Waals surface area (Å²) in [6.45, 7) is 3.10. The fraction of sp³-hybridized carbons (Fsp3) is 0.200. The zero-order chi connectivity index (χ0) is 15.4. The summed E-state index contributed by atoms with van der Waals surface area (Å²) in [6, 6.07) is 23.8. The van der Waals surface area contributed by atoms with Gasteiger partial charge in [0, 0.05) is 35.5 Å². The Morgan fingerprint density at radius 2 is 1.50 bits per heavy atom. The molecular formula is C20H21NS. The molecule has 1 aromatic heterocycles. The molecule has 2 heteroatoms. The first-order chi connectivity index (χ1) is 10.7. The van der Waals surface area contributed by atoms with Gasteiger partial charge in [-0.05, 0) is 42.3 Å². The van der Waals surface area contributed by atoms with Gasteiger partial charge >= 0.3 is 0 Å². The summed E-state index contributed by atoms with van der Waals surface area (Å²) < 4.78 is 0. The molecule has 0 N–H and O–H groups in total. The van der Waals surface area contributed by atoms with Gasteiger partial charge in [-0.2, -0.15) is 0 Å². The van der Waals surface area contributed by atoms with Crippen molar-refractivity contribution in [3.8, 4) is 0 Å². The van der Waals surface area contributed by atoms with E-state index in [9.17, 15) is 0 Å². The second-order valence-electron chi connectivity index (χ2n) is 5.65. The summed E-state index contributed by atoms with van der Waals surface area (Å²) >= 11 is 1.89. The van der Waals surface area contributed by atoms with Gasteiger partial charge in [-0.25, -0.2) is 0 Å². The molecule has 22 heavy (non-hydrogen) atoms. The highest BCUT2D eigenvalue weighted by atomic mass is 32.1. The molecule has 0 saturated heterocycles. The third kappa shape index (κ3) is 3.58. The average Bonchev–Trinajstić information content (AvgIpc) is 2.95. The molecule has 0 saturated carbocycles. The highest BCUT2D eigenvalue weighted by Gasteiger charge is 2.08. The van der Waals surface area contributed by atoms with E-state index in [-0.39, 0.29) is 0 Å². The minimum absolute atomic E-state index is 0.935. The number of hydrogen-bond donors (Lipinski definition) is 0. The summed E-state index contributed by atoms with van der Waals surface area (Å²) in [7, 11) is 2.15. The molecule has 2 aromatic carbocycles. The number of anilines is 1. The number of hydrogen-bond acceptors (Lipinski definition) is 2. The van der Waals surface area contributed by atoms with Gasteiger partial charge in [-0.1, -0.05) is 42.5 Å². The lowest BCUT2D eigenvalue weighted by atomic mass is 10.0. The molecule has 0 aliphatic rings. The van der Waals surface area contributed by atoms with E-state index in [0.717, 1.165) is 13.0 Å². The van der Waals surface area contributed by atoms with Crippen molar-refractivity contribution in [3.05, 3.63) is 87.6 Å². The lowest BCUT2D eigenvalue weighted by molar-refractivity contribution is 0.907. The van der Waals surface area contributed by atoms with Crippen LogP contribution in [0, 0.1) is 6.92 Å². The van der Waals surface area contributed by atoms with E-state index in [2.05, 4.69) is 85.6 Å². The van der Waals surface area contributed by atoms with Crippen molar-refractivity contribution in [2.75, 3.05) is 11.9 Å². The quantitative estimate of drug-likeness (QED) is 0.619. The number of para-hydroxylation sites is 1. The predicted molar refractivity (Wildman–Crippen MR) is 96.9 cm³/mol. The lowest BCUT2D eigenvalue weighted by Crippen LogP contribution is -2.17. The van der Waals surface area contributed by atoms with Gasteiger partial charge in [0.1, 0.15) is 0 Å². The van der Waals surface area contributed by atoms with Gasteiger partial charge in [-0.15, -0.1) is 11.3 Å². The predicted octanol–water partition coefficient (Wildman–Crippen LogP) is 5.28. The molecule has 0 aliphatic carbocycles. The van der Waals surface area contributed by atoms with Crippen LogP contribution in [0.25, 0.3) is 0 Å². The van der Waals surface area contributed by atoms with Crippen LogP contribution in [0.3, 0.4) is 0 Å². The Balaban J connectivity index is 1.79. The van der Waals surface area contributed by atoms with Crippen LogP contribution in [-0.4, -0.2) is 7.05 Å². The molecule has 0 radical (unpaired) electrons. The topological polar surface area (TPSA) is 3.24 Å². The van der Waals surface area contributed by atoms with Crippen molar-refractivity contribution in [1.82, 2.24) is 0 Å². The maximum Gasteiger partial charge on any atom is 0.0429 e. The molecule has 0 bridgehead atoms. The highest BCUT2D eigenvalue weighted by Crippen LogP contribution is 2.23. The second-order valence-corrected chi connectivity index (χ2v) is 7.02. The first kappa shape index (κ1) is 14.9. The van der Waals surface area contributed by atoms with E-state index in [1.165, 1.54) is 26.6 Å². The van der Waals surface area contributed by atoms with Gasteiger partial charge in [0.15, 0.2) is 0 Å². The van der Waals surface area contributed by atoms with E-state index in [1.807, 2.05) is 11.3 Å². The van der Waals surface area contributed by atoms with Gasteiger partial charge in [0.05, 0.1) is 0 Å². The Labute approximate surface area is 136 Å². The fourth-order valence-electron chi connectivity index (χ4n) is 2.68. The van der Waals surface area contributed by atoms with Gasteiger partial charge in [0.25, 0.3) is 0 Å². The normalized spacial score (nSPS) is 10.6. The zero-order valence-corrected chi connectivity index (χ0v) is 13.9. The summed E-state index contributed by atoms with van der Waals surface area (Å²) in [4.78, 5) is 5.12. The van der Waals surface area contributed by atoms with Crippen LogP contribution >= 0.6 is 11.3 Å². The minimum Gasteiger partial charge on any atom is -0.370 e. The van der Waals surface area contributed by atoms with Crippen molar-refractivity contribution in [2.24, 2.45) is 0 Å². The van der Waals surface area contributed by atoms with Crippen LogP contribution in [0.1, 0.15) is 20.9 Å². The van der Waals surface area contributed by atoms with E-state index in [4.69, 9.17) is 0 Å². The SMILES string of the molecule is Cc1ccc(Cc2ccccc2CN(C)c2ccccc2)s1. The molecule has 3 rings (SSSR count). The van der Waals surface area contributed by atoms with Crippen molar-refractivity contribution in [3.63, 3.8) is 0 Å². The maximum absolute atomic E-state index is 2.30. The van der Waals surface area contributed by atoms with Crippen molar-refractivity contribution >= 4 is 17.0 Å². The van der Waals surface area contributed by atoms with Crippen molar-refractivity contribution in [2.45, 2.75) is 19.9 Å². The average molecular weight is 307 g/mol. The molecule has 0 unspecified atom stereocenters. The van der Waals surface area contributed by atoms with Gasteiger partial charge < -0.3 is 4.90 Å². The summed E-state index contributed by atoms with van der Waals surface area (Å²) in [5.41, 5.74) is 4.08. The number of nitrogens with zero attached hydrogens (tertiary/aromatic N) is 1. The Bertz CT molecular complexity index is 730. The van der Waals surface area contributed by atoms with E-state index < -0.39 is 0 Å². The van der Waals surface area contributed by atoms with E-state index >= 15 is 0 Å². The maximum atomic E-state index is 2.30. The molecule has 0 atom stereocenters. The van der Waals surface area contributed by atoms with Crippen LogP contribution in [0.5, 0.6) is 0 Å². The van der Waals surface area contributed by atoms with Crippen LogP contribution in [0.4, 0.5) is 5.69 Å². The number of benzene rings is 2. The molecular weight excluding hydrogens is 286 g/mol. The number of thiophene rings is 1. The molecule has 0 amide bonds. The molecule has 1 nitrogen and oxygen atoms in total. The van der Waals surface area contributed by atoms with Crippen LogP contribution < -0.4 is 4.90 Å². The Morgan fingerprint density at radius 1 is 0.818 bits per heavy atom. The van der Waals surface area contributed by atoms with E-state index in [1.54, 1.807) is 0 Å². The number of rotatable bonds is 5. The lowest BCUT2D eigenvalue weighted by Gasteiger charge is -2.21. The van der Waals surface area contributed by atoms with Gasteiger partial charge in [0.2, 0.25) is 0 Å². The Morgan fingerprint density at radius 3 is 2.18 bits per heavy atom. The summed E-state index contributed by atoms with van der Waals surface area (Å²) in [5.74, 6) is 0. The third-order valence-electron chi connectivity index (χ3n) is 3.88. The highest BCUT2D eigenvalue weighted by molar-refractivity contribution is 7.11. The zero-order valence-electron chi connectivity index (χ0n) is 13.1. The Kier molecular flexibility index (Phi) is 4.59.